The molecule has 0 unspecified atom stereocenters. The van der Waals surface area contributed by atoms with Crippen molar-refractivity contribution in [2.75, 3.05) is 13.2 Å². The van der Waals surface area contributed by atoms with Gasteiger partial charge < -0.3 is 14.9 Å². The molecule has 0 atom stereocenters. The first-order chi connectivity index (χ1) is 10.5. The second kappa shape index (κ2) is 9.32. The quantitative estimate of drug-likeness (QED) is 0.245. The minimum absolute atomic E-state index is 0.0298. The number of carbonyl (C=O) groups excluding carboxylic acids is 2. The topological polar surface area (TPSA) is 108 Å². The van der Waals surface area contributed by atoms with Crippen molar-refractivity contribution < 1.29 is 24.3 Å². The highest BCUT2D eigenvalue weighted by molar-refractivity contribution is 5.97. The number of hydrogen-bond donors (Lipinski definition) is 1. The Morgan fingerprint density at radius 1 is 1.32 bits per heavy atom. The Labute approximate surface area is 127 Å². The Bertz CT molecular complexity index is 532. The van der Waals surface area contributed by atoms with E-state index in [2.05, 4.69) is 10.2 Å². The number of unbranched alkanes of at least 4 members (excludes halogenated alkanes) is 1. The van der Waals surface area contributed by atoms with Crippen molar-refractivity contribution in [3.8, 4) is 5.75 Å². The first kappa shape index (κ1) is 17.4. The SMILES string of the molecule is CCCCC(=O)Oc1ccccc1C(=O)NCCO[N+](=O)[O-]. The van der Waals surface area contributed by atoms with Crippen LogP contribution in [-0.4, -0.2) is 30.1 Å². The van der Waals surface area contributed by atoms with Crippen LogP contribution in [0.25, 0.3) is 0 Å². The molecule has 120 valence electrons. The third kappa shape index (κ3) is 6.21. The fourth-order valence-electron chi connectivity index (χ4n) is 1.62. The minimum Gasteiger partial charge on any atom is -0.426 e. The number of esters is 1. The molecule has 8 heteroatoms. The number of nitrogens with zero attached hydrogens (tertiary/aromatic N) is 1. The fourth-order valence-corrected chi connectivity index (χ4v) is 1.62. The Morgan fingerprint density at radius 3 is 2.73 bits per heavy atom. The van der Waals surface area contributed by atoms with E-state index in [9.17, 15) is 19.7 Å². The van der Waals surface area contributed by atoms with Gasteiger partial charge in [-0.2, -0.15) is 0 Å². The smallest absolute Gasteiger partial charge is 0.311 e. The average molecular weight is 310 g/mol. The van der Waals surface area contributed by atoms with E-state index in [0.717, 1.165) is 6.42 Å². The van der Waals surface area contributed by atoms with Gasteiger partial charge in [-0.25, -0.2) is 0 Å². The fraction of sp³-hybridized carbons (Fsp3) is 0.429. The minimum atomic E-state index is -0.935. The average Bonchev–Trinajstić information content (AvgIpc) is 2.49. The third-order valence-electron chi connectivity index (χ3n) is 2.67. The molecule has 0 spiro atoms. The number of benzene rings is 1. The van der Waals surface area contributed by atoms with E-state index in [-0.39, 0.29) is 30.9 Å². The summed E-state index contributed by atoms with van der Waals surface area (Å²) in [5.41, 5.74) is 0.188. The predicted octanol–water partition coefficient (Wildman–Crippen LogP) is 1.72. The number of hydrogen-bond acceptors (Lipinski definition) is 6. The van der Waals surface area contributed by atoms with Crippen LogP contribution in [0.15, 0.2) is 24.3 Å². The van der Waals surface area contributed by atoms with Crippen LogP contribution in [0.3, 0.4) is 0 Å². The van der Waals surface area contributed by atoms with Gasteiger partial charge in [0.15, 0.2) is 0 Å². The van der Waals surface area contributed by atoms with Crippen molar-refractivity contribution >= 4 is 11.9 Å². The zero-order valence-corrected chi connectivity index (χ0v) is 12.2. The lowest BCUT2D eigenvalue weighted by Crippen LogP contribution is -2.28. The summed E-state index contributed by atoms with van der Waals surface area (Å²) in [6, 6.07) is 6.30. The van der Waals surface area contributed by atoms with Crippen LogP contribution in [0.1, 0.15) is 36.5 Å². The van der Waals surface area contributed by atoms with E-state index in [1.165, 1.54) is 12.1 Å². The molecule has 0 heterocycles. The number of ether oxygens (including phenoxy) is 1. The molecule has 1 aromatic carbocycles. The largest absolute Gasteiger partial charge is 0.426 e. The van der Waals surface area contributed by atoms with Crippen molar-refractivity contribution in [3.63, 3.8) is 0 Å². The van der Waals surface area contributed by atoms with Gasteiger partial charge in [0.2, 0.25) is 0 Å². The van der Waals surface area contributed by atoms with Crippen LogP contribution in [0.2, 0.25) is 0 Å². The van der Waals surface area contributed by atoms with Crippen molar-refractivity contribution in [2.24, 2.45) is 0 Å². The number of amides is 1. The summed E-state index contributed by atoms with van der Waals surface area (Å²) >= 11 is 0. The first-order valence-electron chi connectivity index (χ1n) is 6.89. The third-order valence-corrected chi connectivity index (χ3v) is 2.67. The van der Waals surface area contributed by atoms with Crippen molar-refractivity contribution in [2.45, 2.75) is 26.2 Å². The highest BCUT2D eigenvalue weighted by atomic mass is 16.9. The summed E-state index contributed by atoms with van der Waals surface area (Å²) in [5.74, 6) is -0.735. The van der Waals surface area contributed by atoms with Crippen molar-refractivity contribution in [1.82, 2.24) is 5.32 Å². The molecular weight excluding hydrogens is 292 g/mol. The maximum absolute atomic E-state index is 12.0. The Balaban J connectivity index is 2.60. The summed E-state index contributed by atoms with van der Waals surface area (Å²) < 4.78 is 5.17. The number of carbonyl (C=O) groups is 2. The molecule has 0 saturated heterocycles. The molecule has 0 fully saturated rings. The lowest BCUT2D eigenvalue weighted by molar-refractivity contribution is -0.757. The zero-order valence-electron chi connectivity index (χ0n) is 12.2. The number of para-hydroxylation sites is 1. The second-order valence-corrected chi connectivity index (χ2v) is 4.39. The summed E-state index contributed by atoms with van der Waals surface area (Å²) in [6.45, 7) is 1.68. The highest BCUT2D eigenvalue weighted by Gasteiger charge is 2.14. The van der Waals surface area contributed by atoms with E-state index in [1.807, 2.05) is 6.92 Å². The highest BCUT2D eigenvalue weighted by Crippen LogP contribution is 2.18. The molecule has 1 N–H and O–H groups in total. The summed E-state index contributed by atoms with van der Waals surface area (Å²) in [7, 11) is 0. The van der Waals surface area contributed by atoms with E-state index >= 15 is 0 Å². The predicted molar refractivity (Wildman–Crippen MR) is 76.9 cm³/mol. The Morgan fingerprint density at radius 2 is 2.05 bits per heavy atom. The zero-order chi connectivity index (χ0) is 16.4. The Hall–Kier alpha value is -2.64. The molecule has 8 nitrogen and oxygen atoms in total. The molecular formula is C14H18N2O6. The van der Waals surface area contributed by atoms with E-state index < -0.39 is 17.0 Å². The molecule has 1 aromatic rings. The van der Waals surface area contributed by atoms with Crippen LogP contribution >= 0.6 is 0 Å². The van der Waals surface area contributed by atoms with Crippen molar-refractivity contribution in [3.05, 3.63) is 39.9 Å². The van der Waals surface area contributed by atoms with Gasteiger partial charge in [0.05, 0.1) is 5.56 Å². The van der Waals surface area contributed by atoms with E-state index in [0.29, 0.717) is 6.42 Å². The van der Waals surface area contributed by atoms with E-state index in [1.54, 1.807) is 12.1 Å². The summed E-state index contributed by atoms with van der Waals surface area (Å²) in [4.78, 5) is 37.7. The molecule has 0 aliphatic heterocycles. The lowest BCUT2D eigenvalue weighted by atomic mass is 10.2. The van der Waals surface area contributed by atoms with Crippen LogP contribution in [-0.2, 0) is 9.63 Å². The molecule has 0 aliphatic carbocycles. The van der Waals surface area contributed by atoms with Gasteiger partial charge in [-0.05, 0) is 18.6 Å². The molecule has 0 saturated carbocycles. The van der Waals surface area contributed by atoms with Crippen LogP contribution < -0.4 is 10.1 Å². The maximum atomic E-state index is 12.0. The summed E-state index contributed by atoms with van der Waals surface area (Å²) in [5, 5.41) is 11.5. The van der Waals surface area contributed by atoms with Crippen LogP contribution in [0.4, 0.5) is 0 Å². The molecule has 0 bridgehead atoms. The van der Waals surface area contributed by atoms with E-state index in [4.69, 9.17) is 4.74 Å². The maximum Gasteiger partial charge on any atom is 0.311 e. The van der Waals surface area contributed by atoms with Gasteiger partial charge in [-0.3, -0.25) is 9.59 Å². The number of nitrogens with one attached hydrogen (secondary N) is 1. The van der Waals surface area contributed by atoms with Gasteiger partial charge in [0.25, 0.3) is 11.0 Å². The van der Waals surface area contributed by atoms with Crippen LogP contribution in [0, 0.1) is 10.1 Å². The molecule has 0 aliphatic rings. The molecule has 22 heavy (non-hydrogen) atoms. The summed E-state index contributed by atoms with van der Waals surface area (Å²) in [6.07, 6.45) is 1.86. The molecule has 1 rings (SSSR count). The van der Waals surface area contributed by atoms with Gasteiger partial charge in [0, 0.05) is 13.0 Å². The van der Waals surface area contributed by atoms with Crippen LogP contribution in [0.5, 0.6) is 5.75 Å². The second-order valence-electron chi connectivity index (χ2n) is 4.39. The molecule has 0 radical (unpaired) electrons. The van der Waals surface area contributed by atoms with Gasteiger partial charge >= 0.3 is 5.97 Å². The molecule has 0 aromatic heterocycles. The monoisotopic (exact) mass is 310 g/mol. The first-order valence-corrected chi connectivity index (χ1v) is 6.89. The van der Waals surface area contributed by atoms with Gasteiger partial charge in [-0.1, -0.05) is 25.5 Å². The van der Waals surface area contributed by atoms with Gasteiger partial charge in [0.1, 0.15) is 12.4 Å². The standard InChI is InChI=1S/C14H18N2O6/c1-2-3-8-13(17)22-12-7-5-4-6-11(12)14(18)15-9-10-21-16(19)20/h4-7H,2-3,8-10H2,1H3,(H,15,18). The normalized spacial score (nSPS) is 9.86. The Kier molecular flexibility index (Phi) is 7.38. The lowest BCUT2D eigenvalue weighted by Gasteiger charge is -2.10. The van der Waals surface area contributed by atoms with Gasteiger partial charge in [-0.15, -0.1) is 10.1 Å². The molecule has 1 amide bonds. The van der Waals surface area contributed by atoms with Crippen molar-refractivity contribution in [1.29, 1.82) is 0 Å². The number of rotatable bonds is 9.